The number of anilines is 1. The summed E-state index contributed by atoms with van der Waals surface area (Å²) in [6.45, 7) is 2.48. The van der Waals surface area contributed by atoms with Gasteiger partial charge in [0, 0.05) is 23.3 Å². The van der Waals surface area contributed by atoms with E-state index < -0.39 is 0 Å². The van der Waals surface area contributed by atoms with Crippen LogP contribution in [-0.2, 0) is 4.79 Å². The molecule has 2 heterocycles. The molecule has 3 aromatic rings. The SMILES string of the molecule is CCN(C(=O)/C=C/c1nc2ccccc2s1)c1ccc(Br)cn1. The molecule has 116 valence electrons. The number of likely N-dealkylation sites (N-methyl/N-ethyl adjacent to an activating group) is 1. The molecule has 0 radical (unpaired) electrons. The molecule has 0 saturated heterocycles. The zero-order valence-electron chi connectivity index (χ0n) is 12.4. The van der Waals surface area contributed by atoms with E-state index in [0.717, 1.165) is 19.7 Å². The minimum absolute atomic E-state index is 0.110. The normalized spacial score (nSPS) is 11.2. The zero-order valence-corrected chi connectivity index (χ0v) is 14.8. The van der Waals surface area contributed by atoms with Crippen molar-refractivity contribution in [1.29, 1.82) is 0 Å². The first-order valence-corrected chi connectivity index (χ1v) is 8.75. The van der Waals surface area contributed by atoms with Gasteiger partial charge in [-0.3, -0.25) is 9.69 Å². The van der Waals surface area contributed by atoms with Crippen LogP contribution in [0.4, 0.5) is 5.82 Å². The molecule has 0 unspecified atom stereocenters. The summed E-state index contributed by atoms with van der Waals surface area (Å²) in [6.07, 6.45) is 4.99. The predicted octanol–water partition coefficient (Wildman–Crippen LogP) is 4.52. The standard InChI is InChI=1S/C17H14BrN3OS/c1-2-21(15-8-7-12(18)11-19-15)17(22)10-9-16-20-13-5-3-4-6-14(13)23-16/h3-11H,2H2,1H3/b10-9+. The van der Waals surface area contributed by atoms with Crippen LogP contribution in [0.5, 0.6) is 0 Å². The smallest absolute Gasteiger partial charge is 0.252 e. The molecule has 1 aromatic carbocycles. The summed E-state index contributed by atoms with van der Waals surface area (Å²) in [5.74, 6) is 0.524. The molecule has 0 fully saturated rings. The van der Waals surface area contributed by atoms with Crippen molar-refractivity contribution >= 4 is 55.3 Å². The summed E-state index contributed by atoms with van der Waals surface area (Å²) in [5.41, 5.74) is 0.950. The van der Waals surface area contributed by atoms with Crippen molar-refractivity contribution < 1.29 is 4.79 Å². The molecule has 0 N–H and O–H groups in total. The lowest BCUT2D eigenvalue weighted by atomic mass is 10.3. The van der Waals surface area contributed by atoms with Gasteiger partial charge in [0.2, 0.25) is 0 Å². The average Bonchev–Trinajstić information content (AvgIpc) is 2.98. The molecule has 0 bridgehead atoms. The molecule has 3 rings (SSSR count). The van der Waals surface area contributed by atoms with E-state index in [1.54, 1.807) is 34.6 Å². The molecule has 4 nitrogen and oxygen atoms in total. The molecule has 0 aliphatic rings. The van der Waals surface area contributed by atoms with Gasteiger partial charge in [-0.15, -0.1) is 11.3 Å². The van der Waals surface area contributed by atoms with Crippen LogP contribution in [-0.4, -0.2) is 22.4 Å². The van der Waals surface area contributed by atoms with Crippen molar-refractivity contribution in [2.24, 2.45) is 0 Å². The molecule has 0 spiro atoms. The first-order valence-electron chi connectivity index (χ1n) is 7.14. The van der Waals surface area contributed by atoms with Gasteiger partial charge in [-0.2, -0.15) is 0 Å². The molecule has 0 aliphatic heterocycles. The molecule has 0 saturated carbocycles. The zero-order chi connectivity index (χ0) is 16.2. The first-order chi connectivity index (χ1) is 11.2. The lowest BCUT2D eigenvalue weighted by Gasteiger charge is -2.17. The van der Waals surface area contributed by atoms with Crippen LogP contribution in [0, 0.1) is 0 Å². The van der Waals surface area contributed by atoms with Crippen molar-refractivity contribution in [2.45, 2.75) is 6.92 Å². The summed E-state index contributed by atoms with van der Waals surface area (Å²) in [4.78, 5) is 22.8. The number of hydrogen-bond acceptors (Lipinski definition) is 4. The number of carbonyl (C=O) groups excluding carboxylic acids is 1. The third-order valence-electron chi connectivity index (χ3n) is 3.25. The van der Waals surface area contributed by atoms with Gasteiger partial charge in [-0.05, 0) is 53.2 Å². The monoisotopic (exact) mass is 387 g/mol. The molecule has 23 heavy (non-hydrogen) atoms. The summed E-state index contributed by atoms with van der Waals surface area (Å²) in [5, 5.41) is 0.819. The largest absolute Gasteiger partial charge is 0.294 e. The average molecular weight is 388 g/mol. The van der Waals surface area contributed by atoms with Crippen LogP contribution < -0.4 is 4.90 Å². The number of carbonyl (C=O) groups is 1. The van der Waals surface area contributed by atoms with Crippen LogP contribution in [0.3, 0.4) is 0 Å². The third-order valence-corrected chi connectivity index (χ3v) is 4.72. The highest BCUT2D eigenvalue weighted by Crippen LogP contribution is 2.22. The van der Waals surface area contributed by atoms with E-state index in [9.17, 15) is 4.79 Å². The molecular formula is C17H14BrN3OS. The van der Waals surface area contributed by atoms with Crippen LogP contribution in [0.2, 0.25) is 0 Å². The van der Waals surface area contributed by atoms with Crippen LogP contribution >= 0.6 is 27.3 Å². The van der Waals surface area contributed by atoms with E-state index in [1.807, 2.05) is 43.3 Å². The van der Waals surface area contributed by atoms with E-state index >= 15 is 0 Å². The van der Waals surface area contributed by atoms with Crippen LogP contribution in [0.15, 0.2) is 53.1 Å². The molecule has 1 amide bonds. The first kappa shape index (κ1) is 15.8. The van der Waals surface area contributed by atoms with E-state index in [0.29, 0.717) is 12.4 Å². The molecule has 2 aromatic heterocycles. The number of para-hydroxylation sites is 1. The minimum atomic E-state index is -0.110. The van der Waals surface area contributed by atoms with E-state index in [2.05, 4.69) is 25.9 Å². The van der Waals surface area contributed by atoms with Gasteiger partial charge in [0.15, 0.2) is 0 Å². The molecule has 0 aliphatic carbocycles. The quantitative estimate of drug-likeness (QED) is 0.618. The summed E-state index contributed by atoms with van der Waals surface area (Å²) >= 11 is 4.91. The Morgan fingerprint density at radius 1 is 1.30 bits per heavy atom. The fraction of sp³-hybridized carbons (Fsp3) is 0.118. The Morgan fingerprint density at radius 3 is 2.83 bits per heavy atom. The van der Waals surface area contributed by atoms with Gasteiger partial charge in [0.05, 0.1) is 10.2 Å². The second-order valence-corrected chi connectivity index (χ2v) is 6.75. The lowest BCUT2D eigenvalue weighted by molar-refractivity contribution is -0.114. The van der Waals surface area contributed by atoms with Crippen LogP contribution in [0.25, 0.3) is 16.3 Å². The number of fused-ring (bicyclic) bond motifs is 1. The third kappa shape index (κ3) is 3.65. The number of hydrogen-bond donors (Lipinski definition) is 0. The van der Waals surface area contributed by atoms with Crippen LogP contribution in [0.1, 0.15) is 11.9 Å². The van der Waals surface area contributed by atoms with Gasteiger partial charge in [0.1, 0.15) is 10.8 Å². The number of amides is 1. The van der Waals surface area contributed by atoms with Gasteiger partial charge in [0.25, 0.3) is 5.91 Å². The Bertz CT molecular complexity index is 825. The molecule has 6 heteroatoms. The van der Waals surface area contributed by atoms with Gasteiger partial charge >= 0.3 is 0 Å². The second-order valence-electron chi connectivity index (χ2n) is 4.77. The predicted molar refractivity (Wildman–Crippen MR) is 98.6 cm³/mol. The summed E-state index contributed by atoms with van der Waals surface area (Å²) in [6, 6.07) is 11.6. The van der Waals surface area contributed by atoms with Crippen molar-refractivity contribution in [2.75, 3.05) is 11.4 Å². The Hall–Kier alpha value is -2.05. The highest BCUT2D eigenvalue weighted by Gasteiger charge is 2.12. The maximum absolute atomic E-state index is 12.4. The van der Waals surface area contributed by atoms with Gasteiger partial charge in [-0.25, -0.2) is 9.97 Å². The second kappa shape index (κ2) is 7.02. The Morgan fingerprint density at radius 2 is 2.13 bits per heavy atom. The number of aromatic nitrogens is 2. The number of benzene rings is 1. The fourth-order valence-electron chi connectivity index (χ4n) is 2.15. The van der Waals surface area contributed by atoms with E-state index in [4.69, 9.17) is 0 Å². The van der Waals surface area contributed by atoms with Crippen molar-refractivity contribution in [3.05, 3.63) is 58.2 Å². The fourth-order valence-corrected chi connectivity index (χ4v) is 3.26. The number of halogens is 1. The highest BCUT2D eigenvalue weighted by atomic mass is 79.9. The maximum atomic E-state index is 12.4. The Kier molecular flexibility index (Phi) is 4.83. The minimum Gasteiger partial charge on any atom is -0.294 e. The van der Waals surface area contributed by atoms with E-state index in [-0.39, 0.29) is 5.91 Å². The molecule has 0 atom stereocenters. The number of rotatable bonds is 4. The van der Waals surface area contributed by atoms with Crippen molar-refractivity contribution in [3.63, 3.8) is 0 Å². The Labute approximate surface area is 146 Å². The van der Waals surface area contributed by atoms with E-state index in [1.165, 1.54) is 0 Å². The summed E-state index contributed by atoms with van der Waals surface area (Å²) in [7, 11) is 0. The number of thiazole rings is 1. The topological polar surface area (TPSA) is 46.1 Å². The number of nitrogens with zero attached hydrogens (tertiary/aromatic N) is 3. The lowest BCUT2D eigenvalue weighted by Crippen LogP contribution is -2.29. The maximum Gasteiger partial charge on any atom is 0.252 e. The Balaban J connectivity index is 1.79. The van der Waals surface area contributed by atoms with Gasteiger partial charge < -0.3 is 0 Å². The highest BCUT2D eigenvalue weighted by molar-refractivity contribution is 9.10. The van der Waals surface area contributed by atoms with Gasteiger partial charge in [-0.1, -0.05) is 12.1 Å². The number of pyridine rings is 1. The van der Waals surface area contributed by atoms with Crippen molar-refractivity contribution in [1.82, 2.24) is 9.97 Å². The molecular weight excluding hydrogens is 374 g/mol. The summed E-state index contributed by atoms with van der Waals surface area (Å²) < 4.78 is 2.00. The van der Waals surface area contributed by atoms with Crippen molar-refractivity contribution in [3.8, 4) is 0 Å².